The number of amides is 1. The number of carbonyl (C=O) groups excluding carboxylic acids is 2. The van der Waals surface area contributed by atoms with E-state index in [9.17, 15) is 14.7 Å². The number of nitrogens with zero attached hydrogens (tertiary/aromatic N) is 2. The normalized spacial score (nSPS) is 28.3. The molecule has 1 aromatic carbocycles. The van der Waals surface area contributed by atoms with E-state index in [2.05, 4.69) is 25.3 Å². The van der Waals surface area contributed by atoms with Gasteiger partial charge in [-0.2, -0.15) is 0 Å². The van der Waals surface area contributed by atoms with Gasteiger partial charge in [0, 0.05) is 60.3 Å². The molecule has 1 aromatic heterocycles. The molecule has 4 aliphatic rings. The Balaban J connectivity index is 1.46. The van der Waals surface area contributed by atoms with Crippen molar-refractivity contribution < 1.29 is 28.6 Å². The van der Waals surface area contributed by atoms with Gasteiger partial charge in [-0.25, -0.2) is 0 Å². The van der Waals surface area contributed by atoms with Gasteiger partial charge in [-0.05, 0) is 56.2 Å². The first-order valence-electron chi connectivity index (χ1n) is 14.3. The molecule has 1 spiro atoms. The summed E-state index contributed by atoms with van der Waals surface area (Å²) in [5, 5.41) is 11.2. The number of phenols is 1. The van der Waals surface area contributed by atoms with Crippen molar-refractivity contribution in [3.05, 3.63) is 60.1 Å². The zero-order valence-corrected chi connectivity index (χ0v) is 23.5. The second kappa shape index (κ2) is 10.1. The van der Waals surface area contributed by atoms with E-state index >= 15 is 0 Å². The van der Waals surface area contributed by atoms with Gasteiger partial charge in [-0.1, -0.05) is 19.9 Å². The SMILES string of the molecule is C=CCN1CC[C@]23c4c5c(O)cc(OC(C)=O)c4O[C@@H]2[C@@H](N(CC(C)C)C(=O)C=Cc2ccoc2)CC[C@H]3[C@H]1C5. The molecular formula is C32H38N2O6. The zero-order chi connectivity index (χ0) is 28.2. The van der Waals surface area contributed by atoms with Crippen molar-refractivity contribution in [3.63, 3.8) is 0 Å². The Bertz CT molecular complexity index is 1350. The van der Waals surface area contributed by atoms with E-state index in [-0.39, 0.29) is 46.9 Å². The Morgan fingerprint density at radius 2 is 2.17 bits per heavy atom. The summed E-state index contributed by atoms with van der Waals surface area (Å²) in [6.07, 6.45) is 11.5. The van der Waals surface area contributed by atoms with Gasteiger partial charge in [0.1, 0.15) is 11.9 Å². The topological polar surface area (TPSA) is 92.5 Å². The number of piperidine rings is 1. The molecule has 3 heterocycles. The number of benzene rings is 1. The molecule has 2 aromatic rings. The summed E-state index contributed by atoms with van der Waals surface area (Å²) in [6, 6.07) is 3.41. The number of ether oxygens (including phenoxy) is 2. The minimum atomic E-state index is -0.463. The molecule has 8 heteroatoms. The van der Waals surface area contributed by atoms with Crippen LogP contribution >= 0.6 is 0 Å². The van der Waals surface area contributed by atoms with E-state index < -0.39 is 5.97 Å². The quantitative estimate of drug-likeness (QED) is 0.222. The molecule has 2 bridgehead atoms. The van der Waals surface area contributed by atoms with Gasteiger partial charge in [0.15, 0.2) is 11.5 Å². The van der Waals surface area contributed by atoms with Gasteiger partial charge in [-0.15, -0.1) is 6.58 Å². The summed E-state index contributed by atoms with van der Waals surface area (Å²) in [5.74, 6) is 0.993. The summed E-state index contributed by atoms with van der Waals surface area (Å²) in [5.41, 5.74) is 2.32. The molecule has 5 atom stereocenters. The Kier molecular flexibility index (Phi) is 6.77. The third-order valence-electron chi connectivity index (χ3n) is 9.32. The van der Waals surface area contributed by atoms with E-state index in [1.165, 1.54) is 13.0 Å². The maximum Gasteiger partial charge on any atom is 0.308 e. The smallest absolute Gasteiger partial charge is 0.308 e. The molecule has 1 saturated heterocycles. The lowest BCUT2D eigenvalue weighted by molar-refractivity contribution is -0.138. The summed E-state index contributed by atoms with van der Waals surface area (Å²) in [7, 11) is 0. The van der Waals surface area contributed by atoms with Crippen molar-refractivity contribution in [1.82, 2.24) is 9.80 Å². The van der Waals surface area contributed by atoms with E-state index in [4.69, 9.17) is 13.9 Å². The number of aromatic hydroxyl groups is 1. The molecule has 1 N–H and O–H groups in total. The highest BCUT2D eigenvalue weighted by molar-refractivity contribution is 5.92. The van der Waals surface area contributed by atoms with Crippen LogP contribution in [0.4, 0.5) is 0 Å². The minimum absolute atomic E-state index is 0.0611. The standard InChI is InChI=1S/C32H38N2O6/c1-5-12-33-13-11-32-23-7-8-24(34(17-19(2)3)28(37)9-6-21-10-14-38-18-21)31(32)40-30-27(39-20(4)35)16-26(36)22(29(30)32)15-25(23)33/h5-6,9-10,14,16,18-19,23-25,31,36H,1,7-8,11-13,15,17H2,2-4H3/t23-,24-,25+,31+,32-/m0/s1. The molecule has 8 nitrogen and oxygen atoms in total. The van der Waals surface area contributed by atoms with Crippen molar-refractivity contribution in [2.24, 2.45) is 11.8 Å². The van der Waals surface area contributed by atoms with Gasteiger partial charge in [-0.3, -0.25) is 14.5 Å². The van der Waals surface area contributed by atoms with Crippen molar-refractivity contribution in [2.75, 3.05) is 19.6 Å². The summed E-state index contributed by atoms with van der Waals surface area (Å²) < 4.78 is 17.6. The van der Waals surface area contributed by atoms with Crippen molar-refractivity contribution >= 4 is 18.0 Å². The summed E-state index contributed by atoms with van der Waals surface area (Å²) >= 11 is 0. The van der Waals surface area contributed by atoms with Gasteiger partial charge in [0.2, 0.25) is 5.91 Å². The molecule has 2 fully saturated rings. The number of carbonyl (C=O) groups is 2. The molecule has 212 valence electrons. The highest BCUT2D eigenvalue weighted by atomic mass is 16.6. The highest BCUT2D eigenvalue weighted by Gasteiger charge is 2.67. The molecule has 6 rings (SSSR count). The van der Waals surface area contributed by atoms with Crippen LogP contribution < -0.4 is 9.47 Å². The zero-order valence-electron chi connectivity index (χ0n) is 23.5. The van der Waals surface area contributed by atoms with Crippen molar-refractivity contribution in [1.29, 1.82) is 0 Å². The fourth-order valence-electron chi connectivity index (χ4n) is 8.01. The monoisotopic (exact) mass is 546 g/mol. The van der Waals surface area contributed by atoms with Crippen LogP contribution in [0.5, 0.6) is 17.2 Å². The van der Waals surface area contributed by atoms with Crippen molar-refractivity contribution in [3.8, 4) is 17.2 Å². The molecule has 2 aliphatic heterocycles. The van der Waals surface area contributed by atoms with Crippen LogP contribution in [0.1, 0.15) is 56.7 Å². The van der Waals surface area contributed by atoms with Crippen molar-refractivity contribution in [2.45, 2.75) is 70.1 Å². The van der Waals surface area contributed by atoms with Crippen LogP contribution in [-0.4, -0.2) is 64.6 Å². The lowest BCUT2D eigenvalue weighted by Crippen LogP contribution is -2.69. The van der Waals surface area contributed by atoms with Gasteiger partial charge in [0.25, 0.3) is 0 Å². The van der Waals surface area contributed by atoms with Gasteiger partial charge in [0.05, 0.1) is 18.6 Å². The molecule has 0 unspecified atom stereocenters. The molecule has 40 heavy (non-hydrogen) atoms. The third-order valence-corrected chi connectivity index (χ3v) is 9.32. The van der Waals surface area contributed by atoms with Crippen LogP contribution in [0.3, 0.4) is 0 Å². The van der Waals surface area contributed by atoms with Crippen LogP contribution in [0, 0.1) is 11.8 Å². The van der Waals surface area contributed by atoms with E-state index in [0.717, 1.165) is 49.0 Å². The Morgan fingerprint density at radius 1 is 1.35 bits per heavy atom. The second-order valence-electron chi connectivity index (χ2n) is 12.1. The number of likely N-dealkylation sites (tertiary alicyclic amines) is 1. The van der Waals surface area contributed by atoms with Gasteiger partial charge < -0.3 is 23.9 Å². The van der Waals surface area contributed by atoms with Crippen LogP contribution in [0.2, 0.25) is 0 Å². The average molecular weight is 547 g/mol. The fraction of sp³-hybridized carbons (Fsp3) is 0.500. The Hall–Kier alpha value is -3.52. The van der Waals surface area contributed by atoms with E-state index in [1.807, 2.05) is 17.0 Å². The fourth-order valence-corrected chi connectivity index (χ4v) is 8.01. The number of esters is 1. The number of furan rings is 1. The predicted octanol–water partition coefficient (Wildman–Crippen LogP) is 4.70. The average Bonchev–Trinajstić information content (AvgIpc) is 3.54. The van der Waals surface area contributed by atoms with Crippen LogP contribution in [0.15, 0.2) is 47.8 Å². The minimum Gasteiger partial charge on any atom is -0.508 e. The first-order chi connectivity index (χ1) is 19.2. The van der Waals surface area contributed by atoms with Crippen LogP contribution in [-0.2, 0) is 21.4 Å². The third kappa shape index (κ3) is 4.15. The van der Waals surface area contributed by atoms with E-state index in [1.54, 1.807) is 24.7 Å². The Morgan fingerprint density at radius 3 is 2.88 bits per heavy atom. The molecule has 2 aliphatic carbocycles. The first kappa shape index (κ1) is 26.7. The lowest BCUT2D eigenvalue weighted by Gasteiger charge is -2.60. The summed E-state index contributed by atoms with van der Waals surface area (Å²) in [6.45, 7) is 11.8. The molecule has 1 amide bonds. The second-order valence-corrected chi connectivity index (χ2v) is 12.1. The Labute approximate surface area is 235 Å². The maximum absolute atomic E-state index is 13.8. The van der Waals surface area contributed by atoms with Crippen LogP contribution in [0.25, 0.3) is 6.08 Å². The van der Waals surface area contributed by atoms with E-state index in [0.29, 0.717) is 24.6 Å². The summed E-state index contributed by atoms with van der Waals surface area (Å²) in [4.78, 5) is 30.3. The molecular weight excluding hydrogens is 508 g/mol. The molecule has 0 radical (unpaired) electrons. The first-order valence-corrected chi connectivity index (χ1v) is 14.3. The predicted molar refractivity (Wildman–Crippen MR) is 150 cm³/mol. The number of phenolic OH excluding ortho intramolecular Hbond substituents is 1. The highest BCUT2D eigenvalue weighted by Crippen LogP contribution is 2.65. The van der Waals surface area contributed by atoms with Gasteiger partial charge >= 0.3 is 5.97 Å². The lowest BCUT2D eigenvalue weighted by atomic mass is 9.50. The number of rotatable bonds is 8. The number of hydrogen-bond donors (Lipinski definition) is 1. The largest absolute Gasteiger partial charge is 0.508 e. The maximum atomic E-state index is 13.8. The number of hydrogen-bond acceptors (Lipinski definition) is 7. The molecule has 1 saturated carbocycles.